The van der Waals surface area contributed by atoms with Gasteiger partial charge in [0.2, 0.25) is 0 Å². The average Bonchev–Trinajstić information content (AvgIpc) is 2.45. The molecule has 25 heavy (non-hydrogen) atoms. The Morgan fingerprint density at radius 2 is 1.56 bits per heavy atom. The standard InChI is InChI=1S/C15H20F6O4/c1-3-5-6-10(4-2)9-13(14(16,17)18,15(19,20)21)25-12(24)8-7-11(22)23/h7-8,10H,3-6,9H2,1-2H3,(H,22,23)/b8-7-. The maximum Gasteiger partial charge on any atom is 0.437 e. The lowest BCUT2D eigenvalue weighted by atomic mass is 9.84. The number of hydrogen-bond acceptors (Lipinski definition) is 3. The summed E-state index contributed by atoms with van der Waals surface area (Å²) in [4.78, 5) is 21.6. The van der Waals surface area contributed by atoms with Crippen LogP contribution < -0.4 is 0 Å². The van der Waals surface area contributed by atoms with Crippen molar-refractivity contribution in [3.63, 3.8) is 0 Å². The van der Waals surface area contributed by atoms with E-state index in [1.807, 2.05) is 0 Å². The lowest BCUT2D eigenvalue weighted by molar-refractivity contribution is -0.373. The summed E-state index contributed by atoms with van der Waals surface area (Å²) in [5, 5.41) is 8.32. The van der Waals surface area contributed by atoms with Crippen LogP contribution in [-0.4, -0.2) is 35.0 Å². The number of esters is 1. The monoisotopic (exact) mass is 378 g/mol. The molecule has 10 heteroatoms. The summed E-state index contributed by atoms with van der Waals surface area (Å²) in [5.41, 5.74) is -4.69. The molecule has 0 spiro atoms. The second kappa shape index (κ2) is 9.10. The van der Waals surface area contributed by atoms with E-state index < -0.39 is 42.2 Å². The Morgan fingerprint density at radius 1 is 1.04 bits per heavy atom. The van der Waals surface area contributed by atoms with Gasteiger partial charge in [-0.15, -0.1) is 0 Å². The molecule has 0 bridgehead atoms. The number of ether oxygens (including phenoxy) is 1. The minimum Gasteiger partial charge on any atom is -0.478 e. The molecule has 1 atom stereocenters. The molecule has 0 saturated carbocycles. The highest BCUT2D eigenvalue weighted by Gasteiger charge is 2.74. The largest absolute Gasteiger partial charge is 0.478 e. The number of unbranched alkanes of at least 4 members (excludes halogenated alkanes) is 1. The van der Waals surface area contributed by atoms with Gasteiger partial charge in [-0.1, -0.05) is 39.5 Å². The Labute approximate surface area is 140 Å². The molecule has 0 aliphatic carbocycles. The Hall–Kier alpha value is -1.74. The number of alkyl halides is 6. The van der Waals surface area contributed by atoms with Crippen LogP contribution in [0, 0.1) is 5.92 Å². The van der Waals surface area contributed by atoms with Crippen LogP contribution in [0.15, 0.2) is 12.2 Å². The van der Waals surface area contributed by atoms with Crippen molar-refractivity contribution in [1.29, 1.82) is 0 Å². The van der Waals surface area contributed by atoms with E-state index in [1.165, 1.54) is 6.92 Å². The molecule has 4 nitrogen and oxygen atoms in total. The van der Waals surface area contributed by atoms with E-state index >= 15 is 0 Å². The molecule has 0 aliphatic rings. The summed E-state index contributed by atoms with van der Waals surface area (Å²) in [6.45, 7) is 3.19. The van der Waals surface area contributed by atoms with Gasteiger partial charge in [0.1, 0.15) is 0 Å². The first kappa shape index (κ1) is 23.3. The Morgan fingerprint density at radius 3 is 1.92 bits per heavy atom. The maximum absolute atomic E-state index is 13.3. The van der Waals surface area contributed by atoms with E-state index in [4.69, 9.17) is 5.11 Å². The van der Waals surface area contributed by atoms with Gasteiger partial charge in [0.15, 0.2) is 0 Å². The number of carbonyl (C=O) groups excluding carboxylic acids is 1. The van der Waals surface area contributed by atoms with Crippen LogP contribution in [0.5, 0.6) is 0 Å². The molecular weight excluding hydrogens is 358 g/mol. The van der Waals surface area contributed by atoms with Crippen molar-refractivity contribution in [1.82, 2.24) is 0 Å². The van der Waals surface area contributed by atoms with E-state index in [1.54, 1.807) is 6.92 Å². The van der Waals surface area contributed by atoms with Crippen molar-refractivity contribution in [2.75, 3.05) is 0 Å². The second-order valence-corrected chi connectivity index (χ2v) is 5.54. The van der Waals surface area contributed by atoms with Crippen LogP contribution in [0.3, 0.4) is 0 Å². The summed E-state index contributed by atoms with van der Waals surface area (Å²) >= 11 is 0. The normalized spacial score (nSPS) is 14.6. The predicted molar refractivity (Wildman–Crippen MR) is 75.6 cm³/mol. The van der Waals surface area contributed by atoms with Crippen LogP contribution in [0.4, 0.5) is 26.3 Å². The molecule has 0 aliphatic heterocycles. The SMILES string of the molecule is CCCCC(CC)CC(OC(=O)/C=C\C(=O)O)(C(F)(F)F)C(F)(F)F. The molecule has 0 fully saturated rings. The molecule has 0 aromatic rings. The Balaban J connectivity index is 5.83. The van der Waals surface area contributed by atoms with Crippen molar-refractivity contribution in [3.8, 4) is 0 Å². The second-order valence-electron chi connectivity index (χ2n) is 5.54. The smallest absolute Gasteiger partial charge is 0.437 e. The van der Waals surface area contributed by atoms with Crippen LogP contribution >= 0.6 is 0 Å². The number of carbonyl (C=O) groups is 2. The van der Waals surface area contributed by atoms with E-state index in [9.17, 15) is 35.9 Å². The maximum atomic E-state index is 13.3. The molecule has 1 unspecified atom stereocenters. The van der Waals surface area contributed by atoms with Crippen molar-refractivity contribution in [2.24, 2.45) is 5.92 Å². The van der Waals surface area contributed by atoms with Crippen LogP contribution in [0.2, 0.25) is 0 Å². The van der Waals surface area contributed by atoms with Gasteiger partial charge in [-0.2, -0.15) is 26.3 Å². The van der Waals surface area contributed by atoms with Crippen molar-refractivity contribution in [2.45, 2.75) is 63.9 Å². The fourth-order valence-corrected chi connectivity index (χ4v) is 2.24. The van der Waals surface area contributed by atoms with Gasteiger partial charge in [0.05, 0.1) is 0 Å². The molecule has 1 N–H and O–H groups in total. The third-order valence-corrected chi connectivity index (χ3v) is 3.67. The minimum atomic E-state index is -5.91. The zero-order valence-corrected chi connectivity index (χ0v) is 13.7. The van der Waals surface area contributed by atoms with Gasteiger partial charge in [-0.25, -0.2) is 9.59 Å². The summed E-state index contributed by atoms with van der Waals surface area (Å²) in [5.74, 6) is -4.71. The number of carboxylic acids is 1. The highest BCUT2D eigenvalue weighted by atomic mass is 19.4. The highest BCUT2D eigenvalue weighted by Crippen LogP contribution is 2.50. The van der Waals surface area contributed by atoms with E-state index in [0.717, 1.165) is 0 Å². The lowest BCUT2D eigenvalue weighted by Crippen LogP contribution is -2.60. The van der Waals surface area contributed by atoms with Crippen molar-refractivity contribution in [3.05, 3.63) is 12.2 Å². The first-order valence-electron chi connectivity index (χ1n) is 7.58. The molecular formula is C15H20F6O4. The summed E-state index contributed by atoms with van der Waals surface area (Å²) in [6, 6.07) is 0. The molecule has 0 radical (unpaired) electrons. The topological polar surface area (TPSA) is 63.6 Å². The van der Waals surface area contributed by atoms with E-state index in [2.05, 4.69) is 4.74 Å². The molecule has 0 saturated heterocycles. The van der Waals surface area contributed by atoms with Crippen LogP contribution in [0.25, 0.3) is 0 Å². The molecule has 0 rings (SSSR count). The number of aliphatic carboxylic acids is 1. The van der Waals surface area contributed by atoms with Gasteiger partial charge >= 0.3 is 29.9 Å². The van der Waals surface area contributed by atoms with Crippen molar-refractivity contribution >= 4 is 11.9 Å². The van der Waals surface area contributed by atoms with Crippen LogP contribution in [0.1, 0.15) is 46.0 Å². The molecule has 0 heterocycles. The third kappa shape index (κ3) is 6.58. The van der Waals surface area contributed by atoms with Crippen molar-refractivity contribution < 1.29 is 45.8 Å². The first-order chi connectivity index (χ1) is 11.3. The number of carboxylic acid groups (broad SMARTS) is 1. The zero-order valence-electron chi connectivity index (χ0n) is 13.7. The van der Waals surface area contributed by atoms with Gasteiger partial charge < -0.3 is 9.84 Å². The van der Waals surface area contributed by atoms with Gasteiger partial charge in [-0.3, -0.25) is 0 Å². The molecule has 0 aromatic carbocycles. The highest BCUT2D eigenvalue weighted by molar-refractivity contribution is 5.91. The Kier molecular flexibility index (Phi) is 8.46. The van der Waals surface area contributed by atoms with Gasteiger partial charge in [-0.05, 0) is 5.92 Å². The Bertz CT molecular complexity index is 467. The summed E-state index contributed by atoms with van der Waals surface area (Å²) in [6.07, 6.45) is -12.0. The van der Waals surface area contributed by atoms with E-state index in [-0.39, 0.29) is 25.0 Å². The number of halogens is 6. The summed E-state index contributed by atoms with van der Waals surface area (Å²) < 4.78 is 83.7. The first-order valence-corrected chi connectivity index (χ1v) is 7.58. The fraction of sp³-hybridized carbons (Fsp3) is 0.733. The minimum absolute atomic E-state index is 0.0154. The number of rotatable bonds is 9. The molecule has 146 valence electrons. The van der Waals surface area contributed by atoms with Crippen LogP contribution in [-0.2, 0) is 14.3 Å². The molecule has 0 amide bonds. The third-order valence-electron chi connectivity index (χ3n) is 3.67. The molecule has 0 aromatic heterocycles. The fourth-order valence-electron chi connectivity index (χ4n) is 2.24. The lowest BCUT2D eigenvalue weighted by Gasteiger charge is -2.38. The quantitative estimate of drug-likeness (QED) is 0.361. The predicted octanol–water partition coefficient (Wildman–Crippen LogP) is 4.64. The zero-order chi connectivity index (χ0) is 19.9. The van der Waals surface area contributed by atoms with E-state index in [0.29, 0.717) is 12.8 Å². The summed E-state index contributed by atoms with van der Waals surface area (Å²) in [7, 11) is 0. The number of hydrogen-bond donors (Lipinski definition) is 1. The van der Waals surface area contributed by atoms with Gasteiger partial charge in [0.25, 0.3) is 0 Å². The van der Waals surface area contributed by atoms with Gasteiger partial charge in [0, 0.05) is 18.6 Å². The average molecular weight is 378 g/mol.